The highest BCUT2D eigenvalue weighted by Gasteiger charge is 2.75. The van der Waals surface area contributed by atoms with Gasteiger partial charge < -0.3 is 10.2 Å². The Bertz CT molecular complexity index is 352. The molecule has 13 heteroatoms. The molecule has 2 atom stereocenters. The highest BCUT2D eigenvalue weighted by atomic mass is 19.4. The number of hydrogen-bond acceptors (Lipinski definition) is 3. The lowest BCUT2D eigenvalue weighted by molar-refractivity contribution is -0.411. The molecule has 112 valence electrons. The zero-order valence-electron chi connectivity index (χ0n) is 8.14. The lowest BCUT2D eigenvalue weighted by atomic mass is 10.2. The van der Waals surface area contributed by atoms with E-state index in [0.717, 1.165) is 0 Å². The third-order valence-electron chi connectivity index (χ3n) is 1.56. The molecule has 2 N–H and O–H groups in total. The van der Waals surface area contributed by atoms with E-state index in [4.69, 9.17) is 10.2 Å². The Hall–Kier alpha value is -1.66. The van der Waals surface area contributed by atoms with Gasteiger partial charge in [0, 0.05) is 0 Å². The molecule has 5 nitrogen and oxygen atoms in total. The highest BCUT2D eigenvalue weighted by molar-refractivity contribution is 5.80. The van der Waals surface area contributed by atoms with Crippen LogP contribution < -0.4 is 0 Å². The molecule has 0 fully saturated rings. The molecule has 0 heterocycles. The van der Waals surface area contributed by atoms with Crippen LogP contribution in [0.25, 0.3) is 0 Å². The predicted octanol–water partition coefficient (Wildman–Crippen LogP) is 1.63. The quantitative estimate of drug-likeness (QED) is 0.771. The first-order valence-electron chi connectivity index (χ1n) is 3.78. The number of aliphatic carboxylic acids is 2. The molecule has 0 saturated carbocycles. The van der Waals surface area contributed by atoms with E-state index in [1.165, 1.54) is 0 Å². The zero-order valence-corrected chi connectivity index (χ0v) is 8.14. The number of halogens is 8. The number of ether oxygens (including phenoxy) is 1. The van der Waals surface area contributed by atoms with Crippen molar-refractivity contribution >= 4 is 11.9 Å². The summed E-state index contributed by atoms with van der Waals surface area (Å²) in [5.74, 6) is -19.8. The lowest BCUT2D eigenvalue weighted by Crippen LogP contribution is -2.61. The van der Waals surface area contributed by atoms with Crippen LogP contribution in [0.2, 0.25) is 0 Å². The third-order valence-corrected chi connectivity index (χ3v) is 1.56. The minimum Gasteiger partial charge on any atom is -0.477 e. The second-order valence-corrected chi connectivity index (χ2v) is 2.90. The summed E-state index contributed by atoms with van der Waals surface area (Å²) in [6.07, 6.45) is -13.3. The first-order valence-corrected chi connectivity index (χ1v) is 3.78. The molecule has 2 unspecified atom stereocenters. The maximum absolute atomic E-state index is 12.9. The number of carboxylic acids is 2. The van der Waals surface area contributed by atoms with Crippen LogP contribution in [-0.4, -0.2) is 46.2 Å². The first kappa shape index (κ1) is 17.3. The van der Waals surface area contributed by atoms with Gasteiger partial charge in [0.2, 0.25) is 0 Å². The van der Waals surface area contributed by atoms with E-state index < -0.39 is 36.0 Å². The van der Waals surface area contributed by atoms with E-state index in [2.05, 4.69) is 4.74 Å². The van der Waals surface area contributed by atoms with E-state index in [-0.39, 0.29) is 0 Å². The average molecular weight is 306 g/mol. The molecule has 0 aliphatic carbocycles. The largest absolute Gasteiger partial charge is 0.477 e. The van der Waals surface area contributed by atoms with Crippen molar-refractivity contribution in [1.29, 1.82) is 0 Å². The van der Waals surface area contributed by atoms with Gasteiger partial charge in [-0.15, -0.1) is 0 Å². The molecular formula is C6H2F8O5. The molecule has 0 bridgehead atoms. The van der Waals surface area contributed by atoms with E-state index in [9.17, 15) is 44.7 Å². The molecule has 0 spiro atoms. The molecule has 0 aromatic rings. The summed E-state index contributed by atoms with van der Waals surface area (Å²) < 4.78 is 99.4. The minimum absolute atomic E-state index is 2.09. The Labute approximate surface area is 96.9 Å². The number of hydrogen-bond donors (Lipinski definition) is 2. The van der Waals surface area contributed by atoms with Gasteiger partial charge in [-0.1, -0.05) is 0 Å². The maximum Gasteiger partial charge on any atom is 0.460 e. The van der Waals surface area contributed by atoms with Crippen molar-refractivity contribution in [2.24, 2.45) is 0 Å². The van der Waals surface area contributed by atoms with Gasteiger partial charge >= 0.3 is 36.0 Å². The van der Waals surface area contributed by atoms with Crippen molar-refractivity contribution in [3.63, 3.8) is 0 Å². The topological polar surface area (TPSA) is 83.8 Å². The van der Waals surface area contributed by atoms with Crippen molar-refractivity contribution in [1.82, 2.24) is 0 Å². The zero-order chi connectivity index (χ0) is 15.9. The van der Waals surface area contributed by atoms with E-state index in [1.54, 1.807) is 0 Å². The van der Waals surface area contributed by atoms with Crippen LogP contribution in [0.4, 0.5) is 35.1 Å². The molecular weight excluding hydrogens is 304 g/mol. The molecule has 0 amide bonds. The standard InChI is InChI=1S/C6H2F8O5/c7-3(1(15)16,5(9,10)11)19-4(8,2(17)18)6(12,13)14/h(H,15,16)(H,17,18). The van der Waals surface area contributed by atoms with E-state index in [0.29, 0.717) is 0 Å². The summed E-state index contributed by atoms with van der Waals surface area (Å²) in [6.45, 7) is 0. The second kappa shape index (κ2) is 4.47. The summed E-state index contributed by atoms with van der Waals surface area (Å²) in [5.41, 5.74) is 0. The summed E-state index contributed by atoms with van der Waals surface area (Å²) in [4.78, 5) is 19.9. The van der Waals surface area contributed by atoms with Crippen molar-refractivity contribution in [2.75, 3.05) is 0 Å². The molecule has 0 radical (unpaired) electrons. The van der Waals surface area contributed by atoms with Crippen LogP contribution in [0.5, 0.6) is 0 Å². The first-order chi connectivity index (χ1) is 8.09. The van der Waals surface area contributed by atoms with Crippen LogP contribution >= 0.6 is 0 Å². The Balaban J connectivity index is 5.83. The van der Waals surface area contributed by atoms with Gasteiger partial charge in [-0.2, -0.15) is 35.1 Å². The fraction of sp³-hybridized carbons (Fsp3) is 0.667. The van der Waals surface area contributed by atoms with Crippen molar-refractivity contribution < 1.29 is 59.7 Å². The number of carbonyl (C=O) groups is 2. The van der Waals surface area contributed by atoms with Gasteiger partial charge in [0.1, 0.15) is 0 Å². The lowest BCUT2D eigenvalue weighted by Gasteiger charge is -2.31. The molecule has 0 saturated heterocycles. The second-order valence-electron chi connectivity index (χ2n) is 2.90. The summed E-state index contributed by atoms with van der Waals surface area (Å²) >= 11 is 0. The van der Waals surface area contributed by atoms with Crippen LogP contribution in [-0.2, 0) is 14.3 Å². The van der Waals surface area contributed by atoms with Crippen LogP contribution in [0.1, 0.15) is 0 Å². The average Bonchev–Trinajstić information content (AvgIpc) is 2.12. The highest BCUT2D eigenvalue weighted by Crippen LogP contribution is 2.44. The molecule has 0 aliphatic heterocycles. The number of rotatable bonds is 4. The molecule has 0 aromatic heterocycles. The molecule has 0 rings (SSSR count). The van der Waals surface area contributed by atoms with Crippen LogP contribution in [0.3, 0.4) is 0 Å². The van der Waals surface area contributed by atoms with Gasteiger partial charge in [-0.3, -0.25) is 4.74 Å². The fourth-order valence-corrected chi connectivity index (χ4v) is 0.639. The van der Waals surface area contributed by atoms with Crippen molar-refractivity contribution in [2.45, 2.75) is 24.1 Å². The summed E-state index contributed by atoms with van der Waals surface area (Å²) in [7, 11) is 0. The fourth-order valence-electron chi connectivity index (χ4n) is 0.639. The smallest absolute Gasteiger partial charge is 0.460 e. The monoisotopic (exact) mass is 306 g/mol. The predicted molar refractivity (Wildman–Crippen MR) is 36.1 cm³/mol. The van der Waals surface area contributed by atoms with Crippen molar-refractivity contribution in [3.05, 3.63) is 0 Å². The van der Waals surface area contributed by atoms with Crippen molar-refractivity contribution in [3.8, 4) is 0 Å². The Morgan fingerprint density at radius 1 is 0.684 bits per heavy atom. The normalized spacial score (nSPS) is 19.4. The van der Waals surface area contributed by atoms with E-state index >= 15 is 0 Å². The molecule has 0 aliphatic rings. The molecule has 19 heavy (non-hydrogen) atoms. The maximum atomic E-state index is 12.9. The SMILES string of the molecule is O=C(O)C(F)(OC(F)(C(=O)O)C(F)(F)F)C(F)(F)F. The number of carboxylic acid groups (broad SMARTS) is 2. The third kappa shape index (κ3) is 2.85. The van der Waals surface area contributed by atoms with Gasteiger partial charge in [-0.05, 0) is 0 Å². The van der Waals surface area contributed by atoms with Crippen LogP contribution in [0, 0.1) is 0 Å². The Kier molecular flexibility index (Phi) is 4.08. The summed E-state index contributed by atoms with van der Waals surface area (Å²) in [6, 6.07) is 0. The van der Waals surface area contributed by atoms with E-state index in [1.807, 2.05) is 0 Å². The van der Waals surface area contributed by atoms with Crippen LogP contribution in [0.15, 0.2) is 0 Å². The summed E-state index contributed by atoms with van der Waals surface area (Å²) in [5, 5.41) is 15.7. The number of alkyl halides is 8. The minimum atomic E-state index is -6.66. The van der Waals surface area contributed by atoms with Gasteiger partial charge in [0.15, 0.2) is 0 Å². The van der Waals surface area contributed by atoms with Gasteiger partial charge in [-0.25, -0.2) is 9.59 Å². The Morgan fingerprint density at radius 2 is 0.895 bits per heavy atom. The Morgan fingerprint density at radius 3 is 1.00 bits per heavy atom. The van der Waals surface area contributed by atoms with Gasteiger partial charge in [0.05, 0.1) is 0 Å². The van der Waals surface area contributed by atoms with Gasteiger partial charge in [0.25, 0.3) is 0 Å². The molecule has 0 aromatic carbocycles.